The Morgan fingerprint density at radius 2 is 1.83 bits per heavy atom. The lowest BCUT2D eigenvalue weighted by Crippen LogP contribution is -2.23. The van der Waals surface area contributed by atoms with E-state index in [0.717, 1.165) is 11.1 Å². The summed E-state index contributed by atoms with van der Waals surface area (Å²) in [5.41, 5.74) is 2.09. The Morgan fingerprint density at radius 3 is 2.39 bits per heavy atom. The summed E-state index contributed by atoms with van der Waals surface area (Å²) in [7, 11) is 0. The van der Waals surface area contributed by atoms with E-state index in [0.29, 0.717) is 12.2 Å². The number of carbonyl (C=O) groups excluding carboxylic acids is 1. The average Bonchev–Trinajstić information content (AvgIpc) is 2.40. The number of aromatic nitrogens is 1. The van der Waals surface area contributed by atoms with Crippen LogP contribution in [0, 0.1) is 5.82 Å². The standard InChI is InChI=1S/C14H13FN2O/c1-2-16-14(18)13-8-5-11(9-17-13)10-3-6-12(15)7-4-10/h3-9H,2H2,1H3,(H,16,18). The minimum Gasteiger partial charge on any atom is -0.351 e. The lowest BCUT2D eigenvalue weighted by atomic mass is 10.1. The molecule has 1 aromatic heterocycles. The lowest BCUT2D eigenvalue weighted by molar-refractivity contribution is 0.0951. The number of rotatable bonds is 3. The Hall–Kier alpha value is -2.23. The fourth-order valence-corrected chi connectivity index (χ4v) is 1.59. The number of benzene rings is 1. The first-order chi connectivity index (χ1) is 8.70. The molecule has 0 aliphatic heterocycles. The number of pyridine rings is 1. The fraction of sp³-hybridized carbons (Fsp3) is 0.143. The van der Waals surface area contributed by atoms with Crippen LogP contribution in [-0.2, 0) is 0 Å². The molecule has 92 valence electrons. The number of hydrogen-bond acceptors (Lipinski definition) is 2. The minimum absolute atomic E-state index is 0.192. The maximum absolute atomic E-state index is 12.8. The summed E-state index contributed by atoms with van der Waals surface area (Å²) < 4.78 is 12.8. The van der Waals surface area contributed by atoms with Crippen molar-refractivity contribution in [3.05, 3.63) is 54.1 Å². The number of nitrogens with zero attached hydrogens (tertiary/aromatic N) is 1. The van der Waals surface area contributed by atoms with Crippen LogP contribution in [0.3, 0.4) is 0 Å². The zero-order chi connectivity index (χ0) is 13.0. The zero-order valence-corrected chi connectivity index (χ0v) is 9.98. The number of halogens is 1. The molecule has 0 saturated heterocycles. The van der Waals surface area contributed by atoms with Crippen LogP contribution in [0.5, 0.6) is 0 Å². The molecular weight excluding hydrogens is 231 g/mol. The van der Waals surface area contributed by atoms with Crippen LogP contribution < -0.4 is 5.32 Å². The second-order valence-electron chi connectivity index (χ2n) is 3.80. The molecule has 0 saturated carbocycles. The molecule has 0 fully saturated rings. The van der Waals surface area contributed by atoms with Crippen LogP contribution in [-0.4, -0.2) is 17.4 Å². The quantitative estimate of drug-likeness (QED) is 0.901. The van der Waals surface area contributed by atoms with Crippen molar-refractivity contribution in [3.8, 4) is 11.1 Å². The van der Waals surface area contributed by atoms with Crippen LogP contribution >= 0.6 is 0 Å². The monoisotopic (exact) mass is 244 g/mol. The molecule has 0 spiro atoms. The third-order valence-corrected chi connectivity index (χ3v) is 2.51. The Morgan fingerprint density at radius 1 is 1.17 bits per heavy atom. The van der Waals surface area contributed by atoms with Gasteiger partial charge in [-0.15, -0.1) is 0 Å². The van der Waals surface area contributed by atoms with Crippen molar-refractivity contribution in [1.82, 2.24) is 10.3 Å². The number of nitrogens with one attached hydrogen (secondary N) is 1. The minimum atomic E-state index is -0.273. The van der Waals surface area contributed by atoms with E-state index in [2.05, 4.69) is 10.3 Å². The maximum Gasteiger partial charge on any atom is 0.269 e. The molecule has 2 rings (SSSR count). The average molecular weight is 244 g/mol. The Balaban J connectivity index is 2.22. The van der Waals surface area contributed by atoms with Crippen LogP contribution in [0.15, 0.2) is 42.6 Å². The van der Waals surface area contributed by atoms with Gasteiger partial charge in [-0.2, -0.15) is 0 Å². The molecule has 0 unspecified atom stereocenters. The van der Waals surface area contributed by atoms with E-state index < -0.39 is 0 Å². The van der Waals surface area contributed by atoms with Crippen LogP contribution in [0.25, 0.3) is 11.1 Å². The summed E-state index contributed by atoms with van der Waals surface area (Å²) in [5, 5.41) is 2.68. The highest BCUT2D eigenvalue weighted by Gasteiger charge is 2.06. The summed E-state index contributed by atoms with van der Waals surface area (Å²) >= 11 is 0. The van der Waals surface area contributed by atoms with Crippen LogP contribution in [0.4, 0.5) is 4.39 Å². The third-order valence-electron chi connectivity index (χ3n) is 2.51. The van der Waals surface area contributed by atoms with Gasteiger partial charge in [0.1, 0.15) is 11.5 Å². The smallest absolute Gasteiger partial charge is 0.269 e. The highest BCUT2D eigenvalue weighted by atomic mass is 19.1. The molecular formula is C14H13FN2O. The number of carbonyl (C=O) groups is 1. The molecule has 4 heteroatoms. The van der Waals surface area contributed by atoms with Crippen molar-refractivity contribution >= 4 is 5.91 Å². The van der Waals surface area contributed by atoms with E-state index in [-0.39, 0.29) is 11.7 Å². The highest BCUT2D eigenvalue weighted by molar-refractivity contribution is 5.92. The second kappa shape index (κ2) is 5.40. The highest BCUT2D eigenvalue weighted by Crippen LogP contribution is 2.18. The van der Waals surface area contributed by atoms with Crippen molar-refractivity contribution < 1.29 is 9.18 Å². The number of amides is 1. The van der Waals surface area contributed by atoms with Crippen molar-refractivity contribution in [2.24, 2.45) is 0 Å². The molecule has 0 aliphatic carbocycles. The SMILES string of the molecule is CCNC(=O)c1ccc(-c2ccc(F)cc2)cn1. The van der Waals surface area contributed by atoms with Gasteiger partial charge in [-0.25, -0.2) is 4.39 Å². The molecule has 1 heterocycles. The predicted molar refractivity (Wildman–Crippen MR) is 67.6 cm³/mol. The van der Waals surface area contributed by atoms with Gasteiger partial charge >= 0.3 is 0 Å². The van der Waals surface area contributed by atoms with Gasteiger partial charge in [-0.1, -0.05) is 18.2 Å². The summed E-state index contributed by atoms with van der Waals surface area (Å²) in [6.45, 7) is 2.42. The van der Waals surface area contributed by atoms with Gasteiger partial charge < -0.3 is 5.32 Å². The van der Waals surface area contributed by atoms with Gasteiger partial charge in [0, 0.05) is 18.3 Å². The molecule has 0 aliphatic rings. The van der Waals surface area contributed by atoms with Crippen LogP contribution in [0.1, 0.15) is 17.4 Å². The Bertz CT molecular complexity index is 535. The molecule has 18 heavy (non-hydrogen) atoms. The third kappa shape index (κ3) is 2.71. The summed E-state index contributed by atoms with van der Waals surface area (Å²) in [5.74, 6) is -0.464. The number of hydrogen-bond donors (Lipinski definition) is 1. The van der Waals surface area contributed by atoms with Gasteiger partial charge in [0.2, 0.25) is 0 Å². The first kappa shape index (κ1) is 12.2. The normalized spacial score (nSPS) is 10.1. The van der Waals surface area contributed by atoms with Crippen molar-refractivity contribution in [1.29, 1.82) is 0 Å². The van der Waals surface area contributed by atoms with Crippen molar-refractivity contribution in [2.45, 2.75) is 6.92 Å². The molecule has 3 nitrogen and oxygen atoms in total. The zero-order valence-electron chi connectivity index (χ0n) is 9.98. The van der Waals surface area contributed by atoms with Gasteiger partial charge in [0.25, 0.3) is 5.91 Å². The molecule has 1 aromatic carbocycles. The molecule has 1 N–H and O–H groups in total. The van der Waals surface area contributed by atoms with E-state index >= 15 is 0 Å². The van der Waals surface area contributed by atoms with Crippen molar-refractivity contribution in [2.75, 3.05) is 6.54 Å². The van der Waals surface area contributed by atoms with Crippen molar-refractivity contribution in [3.63, 3.8) is 0 Å². The topological polar surface area (TPSA) is 42.0 Å². The lowest BCUT2D eigenvalue weighted by Gasteiger charge is -2.04. The summed E-state index contributed by atoms with van der Waals surface area (Å²) in [4.78, 5) is 15.6. The Labute approximate surface area is 105 Å². The van der Waals surface area contributed by atoms with E-state index in [1.807, 2.05) is 6.92 Å². The fourth-order valence-electron chi connectivity index (χ4n) is 1.59. The Kier molecular flexibility index (Phi) is 3.67. The summed E-state index contributed by atoms with van der Waals surface area (Å²) in [6.07, 6.45) is 1.61. The molecule has 2 aromatic rings. The maximum atomic E-state index is 12.8. The molecule has 0 radical (unpaired) electrons. The van der Waals surface area contributed by atoms with Gasteiger partial charge in [-0.05, 0) is 30.7 Å². The second-order valence-corrected chi connectivity index (χ2v) is 3.80. The van der Waals surface area contributed by atoms with E-state index in [9.17, 15) is 9.18 Å². The first-order valence-electron chi connectivity index (χ1n) is 5.71. The van der Waals surface area contributed by atoms with E-state index in [4.69, 9.17) is 0 Å². The first-order valence-corrected chi connectivity index (χ1v) is 5.71. The van der Waals surface area contributed by atoms with Gasteiger partial charge in [0.05, 0.1) is 0 Å². The molecule has 0 bridgehead atoms. The molecule has 1 amide bonds. The largest absolute Gasteiger partial charge is 0.351 e. The van der Waals surface area contributed by atoms with E-state index in [1.165, 1.54) is 12.1 Å². The van der Waals surface area contributed by atoms with Crippen LogP contribution in [0.2, 0.25) is 0 Å². The van der Waals surface area contributed by atoms with Gasteiger partial charge in [0.15, 0.2) is 0 Å². The van der Waals surface area contributed by atoms with Gasteiger partial charge in [-0.3, -0.25) is 9.78 Å². The molecule has 0 atom stereocenters. The van der Waals surface area contributed by atoms with E-state index in [1.54, 1.807) is 30.5 Å². The predicted octanol–water partition coefficient (Wildman–Crippen LogP) is 2.64. The summed E-state index contributed by atoms with van der Waals surface area (Å²) in [6, 6.07) is 9.60.